The van der Waals surface area contributed by atoms with E-state index in [1.807, 2.05) is 46.4 Å². The molecule has 0 saturated heterocycles. The summed E-state index contributed by atoms with van der Waals surface area (Å²) in [7, 11) is 0. The third kappa shape index (κ3) is 2.76. The van der Waals surface area contributed by atoms with Crippen LogP contribution >= 0.6 is 23.6 Å². The molecule has 1 saturated carbocycles. The van der Waals surface area contributed by atoms with E-state index >= 15 is 0 Å². The molecule has 1 aromatic carbocycles. The molecule has 2 aromatic heterocycles. The molecule has 3 aromatic rings. The number of benzene rings is 1. The number of thiophene rings is 1. The molecule has 0 bridgehead atoms. The molecule has 128 valence electrons. The molecule has 2 aliphatic rings. The van der Waals surface area contributed by atoms with Crippen LogP contribution in [0.4, 0.5) is 0 Å². The Hall–Kier alpha value is -1.83. The first kappa shape index (κ1) is 15.4. The van der Waals surface area contributed by atoms with Crippen LogP contribution in [0.5, 0.6) is 0 Å². The van der Waals surface area contributed by atoms with Gasteiger partial charge in [0.25, 0.3) is 0 Å². The normalized spacial score (nSPS) is 20.6. The van der Waals surface area contributed by atoms with Crippen LogP contribution in [-0.4, -0.2) is 31.2 Å². The second kappa shape index (κ2) is 6.16. The second-order valence-electron chi connectivity index (χ2n) is 6.79. The Morgan fingerprint density at radius 2 is 1.96 bits per heavy atom. The highest BCUT2D eigenvalue weighted by Crippen LogP contribution is 2.48. The van der Waals surface area contributed by atoms with Crippen LogP contribution in [0.3, 0.4) is 0 Å². The lowest BCUT2D eigenvalue weighted by molar-refractivity contribution is 0.116. The van der Waals surface area contributed by atoms with Crippen molar-refractivity contribution in [2.24, 2.45) is 5.92 Å². The SMILES string of the molecule is S=c1n(CN2CCc3sccc3[C@@H]2C2CC2)nnn1-c1ccccc1. The first-order valence-electron chi connectivity index (χ1n) is 8.70. The fraction of sp³-hybridized carbons (Fsp3) is 0.389. The lowest BCUT2D eigenvalue weighted by atomic mass is 9.96. The summed E-state index contributed by atoms with van der Waals surface area (Å²) in [5, 5.41) is 10.8. The minimum atomic E-state index is 0.513. The third-order valence-electron chi connectivity index (χ3n) is 5.14. The van der Waals surface area contributed by atoms with Crippen LogP contribution in [0.25, 0.3) is 5.69 Å². The zero-order valence-corrected chi connectivity index (χ0v) is 15.4. The van der Waals surface area contributed by atoms with Gasteiger partial charge >= 0.3 is 0 Å². The van der Waals surface area contributed by atoms with Crippen molar-refractivity contribution in [3.8, 4) is 5.69 Å². The van der Waals surface area contributed by atoms with Gasteiger partial charge in [-0.25, -0.2) is 4.68 Å². The van der Waals surface area contributed by atoms with Crippen molar-refractivity contribution in [1.29, 1.82) is 0 Å². The predicted octanol–water partition coefficient (Wildman–Crippen LogP) is 3.83. The van der Waals surface area contributed by atoms with Crippen molar-refractivity contribution in [2.75, 3.05) is 6.54 Å². The number of nitrogens with zero attached hydrogens (tertiary/aromatic N) is 5. The minimum Gasteiger partial charge on any atom is -0.276 e. The average Bonchev–Trinajstić information content (AvgIpc) is 3.25. The number of rotatable bonds is 4. The Morgan fingerprint density at radius 1 is 1.12 bits per heavy atom. The molecule has 0 radical (unpaired) electrons. The lowest BCUT2D eigenvalue weighted by Crippen LogP contribution is -2.37. The molecule has 1 fully saturated rings. The number of para-hydroxylation sites is 1. The van der Waals surface area contributed by atoms with Gasteiger partial charge in [0.05, 0.1) is 12.4 Å². The number of fused-ring (bicyclic) bond motifs is 1. The molecule has 1 aliphatic heterocycles. The fourth-order valence-electron chi connectivity index (χ4n) is 3.79. The van der Waals surface area contributed by atoms with E-state index in [9.17, 15) is 0 Å². The summed E-state index contributed by atoms with van der Waals surface area (Å²) in [6, 6.07) is 12.8. The van der Waals surface area contributed by atoms with Crippen LogP contribution in [0.15, 0.2) is 41.8 Å². The second-order valence-corrected chi connectivity index (χ2v) is 8.16. The van der Waals surface area contributed by atoms with Crippen molar-refractivity contribution in [1.82, 2.24) is 24.7 Å². The van der Waals surface area contributed by atoms with Crippen molar-refractivity contribution >= 4 is 23.6 Å². The predicted molar refractivity (Wildman–Crippen MR) is 100 cm³/mol. The van der Waals surface area contributed by atoms with Crippen LogP contribution in [0.2, 0.25) is 0 Å². The van der Waals surface area contributed by atoms with Gasteiger partial charge < -0.3 is 0 Å². The van der Waals surface area contributed by atoms with E-state index in [1.54, 1.807) is 9.56 Å². The van der Waals surface area contributed by atoms with E-state index in [2.05, 4.69) is 26.8 Å². The standard InChI is InChI=1S/C18H19N5S2/c24-18-22(19-20-23(18)14-4-2-1-3-5-14)12-21-10-8-16-15(9-11-25-16)17(21)13-6-7-13/h1-5,9,11,13,17H,6-8,10,12H2/t17-/m0/s1. The van der Waals surface area contributed by atoms with Gasteiger partial charge in [0.15, 0.2) is 0 Å². The fourth-order valence-corrected chi connectivity index (χ4v) is 4.94. The van der Waals surface area contributed by atoms with Crippen molar-refractivity contribution in [3.05, 3.63) is 57.0 Å². The van der Waals surface area contributed by atoms with Crippen molar-refractivity contribution in [2.45, 2.75) is 32.0 Å². The number of aromatic nitrogens is 4. The molecule has 7 heteroatoms. The van der Waals surface area contributed by atoms with Crippen LogP contribution in [0.1, 0.15) is 29.3 Å². The van der Waals surface area contributed by atoms with Gasteiger partial charge in [-0.3, -0.25) is 4.90 Å². The Labute approximate surface area is 155 Å². The Kier molecular flexibility index (Phi) is 3.80. The average molecular weight is 370 g/mol. The highest BCUT2D eigenvalue weighted by Gasteiger charge is 2.40. The van der Waals surface area contributed by atoms with Crippen LogP contribution < -0.4 is 0 Å². The van der Waals surface area contributed by atoms with Crippen molar-refractivity contribution < 1.29 is 0 Å². The van der Waals surface area contributed by atoms with E-state index in [0.717, 1.165) is 24.6 Å². The van der Waals surface area contributed by atoms with Gasteiger partial charge in [-0.1, -0.05) is 18.2 Å². The zero-order chi connectivity index (χ0) is 16.8. The molecule has 0 N–H and O–H groups in total. The van der Waals surface area contributed by atoms with Gasteiger partial charge in [-0.2, -0.15) is 4.68 Å². The van der Waals surface area contributed by atoms with E-state index < -0.39 is 0 Å². The molecule has 5 rings (SSSR count). The first-order valence-corrected chi connectivity index (χ1v) is 9.98. The summed E-state index contributed by atoms with van der Waals surface area (Å²) in [6.45, 7) is 1.77. The molecular formula is C18H19N5S2. The monoisotopic (exact) mass is 369 g/mol. The van der Waals surface area contributed by atoms with E-state index in [1.165, 1.54) is 18.4 Å². The van der Waals surface area contributed by atoms with Gasteiger partial charge in [0.1, 0.15) is 0 Å². The zero-order valence-electron chi connectivity index (χ0n) is 13.8. The van der Waals surface area contributed by atoms with Gasteiger partial charge in [-0.05, 0) is 77.0 Å². The number of hydrogen-bond donors (Lipinski definition) is 0. The summed E-state index contributed by atoms with van der Waals surface area (Å²) in [4.78, 5) is 4.09. The van der Waals surface area contributed by atoms with E-state index in [0.29, 0.717) is 17.5 Å². The Morgan fingerprint density at radius 3 is 2.76 bits per heavy atom. The highest BCUT2D eigenvalue weighted by molar-refractivity contribution is 7.71. The molecule has 0 amide bonds. The molecule has 5 nitrogen and oxygen atoms in total. The smallest absolute Gasteiger partial charge is 0.221 e. The van der Waals surface area contributed by atoms with Gasteiger partial charge in [-0.15, -0.1) is 11.3 Å². The number of tetrazole rings is 1. The summed E-state index contributed by atoms with van der Waals surface area (Å²) >= 11 is 7.53. The van der Waals surface area contributed by atoms with Gasteiger partial charge in [0, 0.05) is 17.5 Å². The molecule has 1 aliphatic carbocycles. The lowest BCUT2D eigenvalue weighted by Gasteiger charge is -2.35. The molecular weight excluding hydrogens is 350 g/mol. The summed E-state index contributed by atoms with van der Waals surface area (Å²) < 4.78 is 4.24. The third-order valence-corrected chi connectivity index (χ3v) is 6.52. The molecule has 0 spiro atoms. The largest absolute Gasteiger partial charge is 0.276 e. The first-order chi connectivity index (χ1) is 12.3. The van der Waals surface area contributed by atoms with E-state index in [-0.39, 0.29) is 0 Å². The summed E-state index contributed by atoms with van der Waals surface area (Å²) in [6.07, 6.45) is 3.79. The van der Waals surface area contributed by atoms with Gasteiger partial charge in [0.2, 0.25) is 4.77 Å². The van der Waals surface area contributed by atoms with Crippen LogP contribution in [0, 0.1) is 10.7 Å². The molecule has 25 heavy (non-hydrogen) atoms. The maximum Gasteiger partial charge on any atom is 0.221 e. The molecule has 3 heterocycles. The quantitative estimate of drug-likeness (QED) is 0.655. The van der Waals surface area contributed by atoms with Crippen molar-refractivity contribution in [3.63, 3.8) is 0 Å². The Bertz CT molecular complexity index is 938. The maximum atomic E-state index is 5.63. The number of hydrogen-bond acceptors (Lipinski definition) is 5. The topological polar surface area (TPSA) is 38.9 Å². The Balaban J connectivity index is 1.44. The molecule has 0 unspecified atom stereocenters. The summed E-state index contributed by atoms with van der Waals surface area (Å²) in [5.41, 5.74) is 2.48. The van der Waals surface area contributed by atoms with Crippen LogP contribution in [-0.2, 0) is 13.1 Å². The molecule has 1 atom stereocenters. The minimum absolute atomic E-state index is 0.513. The van der Waals surface area contributed by atoms with E-state index in [4.69, 9.17) is 12.2 Å². The summed E-state index contributed by atoms with van der Waals surface area (Å²) in [5.74, 6) is 0.784. The highest BCUT2D eigenvalue weighted by atomic mass is 32.1. The maximum absolute atomic E-state index is 5.63.